The van der Waals surface area contributed by atoms with Crippen LogP contribution in [-0.4, -0.2) is 34.3 Å². The first-order valence-electron chi connectivity index (χ1n) is 12.9. The van der Waals surface area contributed by atoms with Crippen molar-refractivity contribution in [3.63, 3.8) is 0 Å². The highest BCUT2D eigenvalue weighted by atomic mass is 32.1. The molecule has 2 atom stereocenters. The van der Waals surface area contributed by atoms with Crippen LogP contribution in [0.5, 0.6) is 0 Å². The molecule has 0 saturated carbocycles. The minimum absolute atomic E-state index is 0.00571. The predicted octanol–water partition coefficient (Wildman–Crippen LogP) is 5.87. The average molecular weight is 540 g/mol. The second-order valence-electron chi connectivity index (χ2n) is 9.97. The van der Waals surface area contributed by atoms with E-state index < -0.39 is 0 Å². The van der Waals surface area contributed by atoms with Crippen molar-refractivity contribution in [1.29, 1.82) is 0 Å². The summed E-state index contributed by atoms with van der Waals surface area (Å²) in [4.78, 5) is 19.0. The molecule has 0 bridgehead atoms. The number of aromatic nitrogens is 2. The third-order valence-electron chi connectivity index (χ3n) is 7.22. The van der Waals surface area contributed by atoms with E-state index in [-0.39, 0.29) is 24.6 Å². The molecule has 0 aliphatic carbocycles. The van der Waals surface area contributed by atoms with Crippen molar-refractivity contribution in [2.45, 2.75) is 39.8 Å². The maximum atomic E-state index is 12.1. The Morgan fingerprint density at radius 2 is 1.77 bits per heavy atom. The highest BCUT2D eigenvalue weighted by Crippen LogP contribution is 2.44. The number of hydrogen-bond donors (Lipinski definition) is 2. The number of amides is 1. The second kappa shape index (κ2) is 11.0. The van der Waals surface area contributed by atoms with Gasteiger partial charge >= 0.3 is 0 Å². The minimum atomic E-state index is -0.191. The highest BCUT2D eigenvalue weighted by Gasteiger charge is 2.42. The molecule has 2 N–H and O–H groups in total. The zero-order chi connectivity index (χ0) is 27.7. The molecule has 0 radical (unpaired) electrons. The fraction of sp³-hybridized carbons (Fsp3) is 0.258. The number of carbonyl (C=O) groups excluding carboxylic acids is 1. The number of carbonyl (C=O) groups is 1. The van der Waals surface area contributed by atoms with Crippen LogP contribution in [0, 0.1) is 27.7 Å². The summed E-state index contributed by atoms with van der Waals surface area (Å²) in [5, 5.41) is 7.10. The molecule has 1 amide bonds. The third kappa shape index (κ3) is 5.17. The molecule has 0 unspecified atom stereocenters. The Hall–Kier alpha value is -4.01. The molecular weight excluding hydrogens is 506 g/mol. The van der Waals surface area contributed by atoms with Crippen molar-refractivity contribution in [3.05, 3.63) is 107 Å². The molecule has 1 fully saturated rings. The topological polar surface area (TPSA) is 71.4 Å². The van der Waals surface area contributed by atoms with Crippen molar-refractivity contribution in [2.24, 2.45) is 0 Å². The molecule has 1 saturated heterocycles. The van der Waals surface area contributed by atoms with Crippen molar-refractivity contribution >= 4 is 34.6 Å². The number of anilines is 2. The van der Waals surface area contributed by atoms with E-state index in [4.69, 9.17) is 21.9 Å². The lowest BCUT2D eigenvalue weighted by Crippen LogP contribution is -2.29. The van der Waals surface area contributed by atoms with E-state index in [0.29, 0.717) is 5.11 Å². The first kappa shape index (κ1) is 26.6. The summed E-state index contributed by atoms with van der Waals surface area (Å²) in [7, 11) is 1.50. The number of thiocarbonyl (C=S) groups is 1. The van der Waals surface area contributed by atoms with Crippen LogP contribution in [0.4, 0.5) is 11.4 Å². The van der Waals surface area contributed by atoms with Crippen LogP contribution >= 0.6 is 12.2 Å². The van der Waals surface area contributed by atoms with Crippen LogP contribution in [0.3, 0.4) is 0 Å². The first-order valence-corrected chi connectivity index (χ1v) is 13.3. The average Bonchev–Trinajstić information content (AvgIpc) is 3.41. The molecule has 4 aromatic rings. The summed E-state index contributed by atoms with van der Waals surface area (Å²) < 4.78 is 7.25. The molecule has 7 nitrogen and oxygen atoms in total. The number of aryl methyl sites for hydroxylation is 3. The number of nitrogens with one attached hydrogen (secondary N) is 2. The number of methoxy groups -OCH3 is 1. The number of pyridine rings is 1. The second-order valence-corrected chi connectivity index (χ2v) is 10.4. The Morgan fingerprint density at radius 1 is 1.03 bits per heavy atom. The van der Waals surface area contributed by atoms with Gasteiger partial charge in [-0.25, -0.2) is 0 Å². The normalized spacial score (nSPS) is 16.8. The quantitative estimate of drug-likeness (QED) is 0.286. The molecule has 3 heterocycles. The molecule has 2 aromatic carbocycles. The first-order chi connectivity index (χ1) is 18.8. The SMILES string of the molecule is COCC(=O)Nc1ccc(N2C(=S)N[C@@H](c3ccccn3)[C@@H]2c2cc(C)n(-c3ccc(C)cc3)c2C)cc1C. The van der Waals surface area contributed by atoms with Gasteiger partial charge in [-0.1, -0.05) is 23.8 Å². The third-order valence-corrected chi connectivity index (χ3v) is 7.53. The van der Waals surface area contributed by atoms with E-state index in [1.807, 2.05) is 43.5 Å². The Balaban J connectivity index is 1.60. The number of rotatable bonds is 7. The van der Waals surface area contributed by atoms with E-state index in [2.05, 4.69) is 77.3 Å². The van der Waals surface area contributed by atoms with Crippen molar-refractivity contribution < 1.29 is 9.53 Å². The lowest BCUT2D eigenvalue weighted by molar-refractivity contribution is -0.119. The minimum Gasteiger partial charge on any atom is -0.375 e. The lowest BCUT2D eigenvalue weighted by Gasteiger charge is -2.29. The number of nitrogens with zero attached hydrogens (tertiary/aromatic N) is 3. The van der Waals surface area contributed by atoms with E-state index in [1.165, 1.54) is 18.2 Å². The van der Waals surface area contributed by atoms with Crippen LogP contribution in [-0.2, 0) is 9.53 Å². The largest absolute Gasteiger partial charge is 0.375 e. The zero-order valence-electron chi connectivity index (χ0n) is 22.9. The van der Waals surface area contributed by atoms with Crippen molar-refractivity contribution in [2.75, 3.05) is 23.9 Å². The molecule has 200 valence electrons. The lowest BCUT2D eigenvalue weighted by atomic mass is 9.96. The standard InChI is InChI=1S/C31H33N5O2S/c1-19-9-11-23(12-10-19)35-21(3)17-25(22(35)4)30-29(27-8-6-7-15-32-27)34-31(39)36(30)24-13-14-26(20(2)16-24)33-28(37)18-38-5/h6-17,29-30H,18H2,1-5H3,(H,33,37)(H,34,39)/t29-,30-/m0/s1. The van der Waals surface area contributed by atoms with Gasteiger partial charge in [-0.3, -0.25) is 9.78 Å². The summed E-state index contributed by atoms with van der Waals surface area (Å²) in [6.45, 7) is 8.38. The van der Waals surface area contributed by atoms with Crippen LogP contribution in [0.15, 0.2) is 72.9 Å². The highest BCUT2D eigenvalue weighted by molar-refractivity contribution is 7.80. The van der Waals surface area contributed by atoms with Crippen molar-refractivity contribution in [1.82, 2.24) is 14.9 Å². The van der Waals surface area contributed by atoms with Gasteiger partial charge in [0.05, 0.1) is 17.8 Å². The number of ether oxygens (including phenoxy) is 1. The molecule has 0 spiro atoms. The molecule has 39 heavy (non-hydrogen) atoms. The monoisotopic (exact) mass is 539 g/mol. The molecule has 1 aliphatic heterocycles. The van der Waals surface area contributed by atoms with Gasteiger partial charge in [0.15, 0.2) is 5.11 Å². The van der Waals surface area contributed by atoms with Gasteiger partial charge in [0.1, 0.15) is 6.61 Å². The van der Waals surface area contributed by atoms with Crippen LogP contribution in [0.25, 0.3) is 5.69 Å². The van der Waals surface area contributed by atoms with Gasteiger partial charge in [-0.2, -0.15) is 0 Å². The van der Waals surface area contributed by atoms with Gasteiger partial charge in [0.2, 0.25) is 5.91 Å². The van der Waals surface area contributed by atoms with Crippen LogP contribution in [0.1, 0.15) is 45.9 Å². The van der Waals surface area contributed by atoms with E-state index in [9.17, 15) is 4.79 Å². The van der Waals surface area contributed by atoms with Crippen molar-refractivity contribution in [3.8, 4) is 5.69 Å². The molecule has 1 aliphatic rings. The maximum absolute atomic E-state index is 12.1. The smallest absolute Gasteiger partial charge is 0.250 e. The molecule has 8 heteroatoms. The molecule has 5 rings (SSSR count). The Bertz CT molecular complexity index is 1510. The van der Waals surface area contributed by atoms with Gasteiger partial charge in [-0.15, -0.1) is 0 Å². The van der Waals surface area contributed by atoms with Gasteiger partial charge in [0, 0.05) is 41.8 Å². The van der Waals surface area contributed by atoms with E-state index in [0.717, 1.165) is 39.7 Å². The molecule has 2 aromatic heterocycles. The maximum Gasteiger partial charge on any atom is 0.250 e. The summed E-state index contributed by atoms with van der Waals surface area (Å²) in [6, 6.07) is 22.5. The van der Waals surface area contributed by atoms with Gasteiger partial charge < -0.3 is 24.8 Å². The number of hydrogen-bond acceptors (Lipinski definition) is 4. The van der Waals surface area contributed by atoms with Gasteiger partial charge in [-0.05, 0) is 99.6 Å². The summed E-state index contributed by atoms with van der Waals surface area (Å²) in [6.07, 6.45) is 1.82. The Labute approximate surface area is 234 Å². The Morgan fingerprint density at radius 3 is 2.44 bits per heavy atom. The fourth-order valence-corrected chi connectivity index (χ4v) is 5.73. The van der Waals surface area contributed by atoms with Crippen LogP contribution in [0.2, 0.25) is 0 Å². The van der Waals surface area contributed by atoms with E-state index >= 15 is 0 Å². The van der Waals surface area contributed by atoms with Crippen LogP contribution < -0.4 is 15.5 Å². The summed E-state index contributed by atoms with van der Waals surface area (Å²) >= 11 is 5.94. The van der Waals surface area contributed by atoms with E-state index in [1.54, 1.807) is 0 Å². The summed E-state index contributed by atoms with van der Waals surface area (Å²) in [5.41, 5.74) is 9.38. The predicted molar refractivity (Wildman–Crippen MR) is 160 cm³/mol. The fourth-order valence-electron chi connectivity index (χ4n) is 5.38. The Kier molecular flexibility index (Phi) is 7.50. The van der Waals surface area contributed by atoms with Gasteiger partial charge in [0.25, 0.3) is 0 Å². The number of benzene rings is 2. The zero-order valence-corrected chi connectivity index (χ0v) is 23.7. The molecular formula is C31H33N5O2S. The summed E-state index contributed by atoms with van der Waals surface area (Å²) in [5.74, 6) is -0.191.